The largest absolute Gasteiger partial charge is 0.268 e. The number of thiazole rings is 1. The van der Waals surface area contributed by atoms with E-state index in [0.717, 1.165) is 14.1 Å². The van der Waals surface area contributed by atoms with Crippen LogP contribution in [0.25, 0.3) is 10.2 Å². The van der Waals surface area contributed by atoms with E-state index in [9.17, 15) is 4.79 Å². The summed E-state index contributed by atoms with van der Waals surface area (Å²) in [5, 5.41) is 0. The average molecular weight is 280 g/mol. The van der Waals surface area contributed by atoms with Gasteiger partial charge in [-0.3, -0.25) is 8.75 Å². The van der Waals surface area contributed by atoms with Gasteiger partial charge < -0.3 is 0 Å². The van der Waals surface area contributed by atoms with Gasteiger partial charge in [-0.15, -0.1) is 11.3 Å². The lowest BCUT2D eigenvalue weighted by Gasteiger charge is -1.88. The standard InChI is InChI=1S/C11H8N2OS3/c1-13-9(14)6-10(17-13)16-11-12-7-4-2-3-5-8(7)15-11/h2-6H,1H3. The van der Waals surface area contributed by atoms with Crippen molar-refractivity contribution in [2.45, 2.75) is 8.55 Å². The molecule has 0 fully saturated rings. The summed E-state index contributed by atoms with van der Waals surface area (Å²) < 4.78 is 4.76. The Labute approximate surface area is 110 Å². The maximum Gasteiger partial charge on any atom is 0.261 e. The third kappa shape index (κ3) is 2.15. The Morgan fingerprint density at radius 2 is 2.18 bits per heavy atom. The first-order chi connectivity index (χ1) is 8.22. The summed E-state index contributed by atoms with van der Waals surface area (Å²) >= 11 is 4.66. The Hall–Kier alpha value is -1.11. The molecule has 0 bridgehead atoms. The zero-order chi connectivity index (χ0) is 11.8. The monoisotopic (exact) mass is 280 g/mol. The molecule has 2 heterocycles. The number of para-hydroxylation sites is 1. The summed E-state index contributed by atoms with van der Waals surface area (Å²) in [6.07, 6.45) is 0. The van der Waals surface area contributed by atoms with Crippen LogP contribution in [-0.2, 0) is 7.05 Å². The molecule has 0 saturated carbocycles. The molecule has 3 rings (SSSR count). The molecule has 0 aliphatic carbocycles. The van der Waals surface area contributed by atoms with Gasteiger partial charge in [0.2, 0.25) is 0 Å². The number of rotatable bonds is 2. The fraction of sp³-hybridized carbons (Fsp3) is 0.0909. The van der Waals surface area contributed by atoms with Crippen molar-refractivity contribution < 1.29 is 0 Å². The van der Waals surface area contributed by atoms with Gasteiger partial charge in [0.1, 0.15) is 0 Å². The van der Waals surface area contributed by atoms with Crippen LogP contribution >= 0.6 is 34.6 Å². The van der Waals surface area contributed by atoms with Gasteiger partial charge in [0, 0.05) is 13.1 Å². The molecule has 0 amide bonds. The van der Waals surface area contributed by atoms with Gasteiger partial charge in [-0.05, 0) is 35.4 Å². The van der Waals surface area contributed by atoms with Crippen LogP contribution in [0.2, 0.25) is 0 Å². The Bertz CT molecular complexity index is 692. The van der Waals surface area contributed by atoms with Crippen LogP contribution in [0.4, 0.5) is 0 Å². The highest BCUT2D eigenvalue weighted by atomic mass is 32.2. The van der Waals surface area contributed by atoms with Crippen molar-refractivity contribution in [2.24, 2.45) is 7.05 Å². The zero-order valence-corrected chi connectivity index (χ0v) is 11.4. The van der Waals surface area contributed by atoms with Crippen molar-refractivity contribution in [3.05, 3.63) is 40.7 Å². The average Bonchev–Trinajstić information content (AvgIpc) is 2.83. The second kappa shape index (κ2) is 4.29. The van der Waals surface area contributed by atoms with E-state index in [1.54, 1.807) is 40.2 Å². The number of aryl methyl sites for hydroxylation is 1. The minimum Gasteiger partial charge on any atom is -0.268 e. The summed E-state index contributed by atoms with van der Waals surface area (Å²) in [4.78, 5) is 15.9. The minimum atomic E-state index is 0.0404. The molecule has 0 radical (unpaired) electrons. The maximum absolute atomic E-state index is 11.3. The second-order valence-electron chi connectivity index (χ2n) is 3.44. The van der Waals surface area contributed by atoms with Gasteiger partial charge in [-0.1, -0.05) is 12.1 Å². The molecule has 0 unspecified atom stereocenters. The SMILES string of the molecule is Cn1sc(Sc2nc3ccccc3s2)cc1=O. The first-order valence-electron chi connectivity index (χ1n) is 4.93. The maximum atomic E-state index is 11.3. The number of aromatic nitrogens is 2. The Morgan fingerprint density at radius 3 is 2.88 bits per heavy atom. The summed E-state index contributed by atoms with van der Waals surface area (Å²) in [6, 6.07) is 9.71. The molecule has 3 nitrogen and oxygen atoms in total. The van der Waals surface area contributed by atoms with Crippen molar-refractivity contribution in [1.82, 2.24) is 8.94 Å². The van der Waals surface area contributed by atoms with Crippen LogP contribution in [0.15, 0.2) is 43.7 Å². The van der Waals surface area contributed by atoms with E-state index in [-0.39, 0.29) is 5.56 Å². The fourth-order valence-electron chi connectivity index (χ4n) is 1.43. The van der Waals surface area contributed by atoms with Gasteiger partial charge >= 0.3 is 0 Å². The molecule has 3 aromatic rings. The molecule has 1 aromatic carbocycles. The third-order valence-corrected chi connectivity index (χ3v) is 5.38. The van der Waals surface area contributed by atoms with E-state index in [2.05, 4.69) is 11.1 Å². The first kappa shape index (κ1) is 11.0. The van der Waals surface area contributed by atoms with Crippen molar-refractivity contribution in [2.75, 3.05) is 0 Å². The number of fused-ring (bicyclic) bond motifs is 1. The molecule has 6 heteroatoms. The van der Waals surface area contributed by atoms with Crippen LogP contribution in [0.3, 0.4) is 0 Å². The number of nitrogens with zero attached hydrogens (tertiary/aromatic N) is 2. The van der Waals surface area contributed by atoms with E-state index in [0.29, 0.717) is 0 Å². The van der Waals surface area contributed by atoms with E-state index in [4.69, 9.17) is 0 Å². The van der Waals surface area contributed by atoms with Gasteiger partial charge in [-0.25, -0.2) is 4.98 Å². The smallest absolute Gasteiger partial charge is 0.261 e. The molecule has 2 aromatic heterocycles. The summed E-state index contributed by atoms with van der Waals surface area (Å²) in [5.74, 6) is 0. The topological polar surface area (TPSA) is 34.9 Å². The molecule has 0 aliphatic heterocycles. The predicted molar refractivity (Wildman–Crippen MR) is 73.3 cm³/mol. The van der Waals surface area contributed by atoms with Gasteiger partial charge in [0.05, 0.1) is 14.4 Å². The Balaban J connectivity index is 1.97. The molecule has 17 heavy (non-hydrogen) atoms. The number of hydrogen-bond acceptors (Lipinski definition) is 5. The minimum absolute atomic E-state index is 0.0404. The lowest BCUT2D eigenvalue weighted by atomic mass is 10.3. The lowest BCUT2D eigenvalue weighted by Crippen LogP contribution is -2.05. The normalized spacial score (nSPS) is 11.1. The summed E-state index contributed by atoms with van der Waals surface area (Å²) in [5.41, 5.74) is 1.06. The molecule has 0 spiro atoms. The van der Waals surface area contributed by atoms with E-state index in [1.165, 1.54) is 16.2 Å². The lowest BCUT2D eigenvalue weighted by molar-refractivity contribution is 0.981. The van der Waals surface area contributed by atoms with Crippen LogP contribution in [-0.4, -0.2) is 8.94 Å². The highest BCUT2D eigenvalue weighted by Gasteiger charge is 2.08. The van der Waals surface area contributed by atoms with Gasteiger partial charge in [0.15, 0.2) is 4.34 Å². The fourth-order valence-corrected chi connectivity index (χ4v) is 4.75. The number of hydrogen-bond donors (Lipinski definition) is 0. The van der Waals surface area contributed by atoms with E-state index < -0.39 is 0 Å². The summed E-state index contributed by atoms with van der Waals surface area (Å²) in [6.45, 7) is 0. The van der Waals surface area contributed by atoms with Crippen molar-refractivity contribution in [3.8, 4) is 0 Å². The molecule has 86 valence electrons. The number of benzene rings is 1. The molecular formula is C11H8N2OS3. The second-order valence-corrected chi connectivity index (χ2v) is 7.19. The van der Waals surface area contributed by atoms with Crippen molar-refractivity contribution in [3.63, 3.8) is 0 Å². The predicted octanol–water partition coefficient (Wildman–Crippen LogP) is 3.21. The Morgan fingerprint density at radius 1 is 1.35 bits per heavy atom. The molecule has 0 aliphatic rings. The van der Waals surface area contributed by atoms with Gasteiger partial charge in [-0.2, -0.15) is 0 Å². The van der Waals surface area contributed by atoms with Crippen LogP contribution < -0.4 is 5.56 Å². The van der Waals surface area contributed by atoms with Crippen LogP contribution in [0, 0.1) is 0 Å². The van der Waals surface area contributed by atoms with E-state index >= 15 is 0 Å². The highest BCUT2D eigenvalue weighted by molar-refractivity contribution is 8.02. The zero-order valence-electron chi connectivity index (χ0n) is 8.91. The highest BCUT2D eigenvalue weighted by Crippen LogP contribution is 2.35. The van der Waals surface area contributed by atoms with Crippen LogP contribution in [0.5, 0.6) is 0 Å². The van der Waals surface area contributed by atoms with Crippen molar-refractivity contribution in [1.29, 1.82) is 0 Å². The van der Waals surface area contributed by atoms with Crippen molar-refractivity contribution >= 4 is 44.8 Å². The van der Waals surface area contributed by atoms with Crippen LogP contribution in [0.1, 0.15) is 0 Å². The first-order valence-corrected chi connectivity index (χ1v) is 7.34. The third-order valence-electron chi connectivity index (χ3n) is 2.24. The molecular weight excluding hydrogens is 272 g/mol. The molecule has 0 atom stereocenters. The molecule has 0 N–H and O–H groups in total. The molecule has 0 saturated heterocycles. The van der Waals surface area contributed by atoms with Gasteiger partial charge in [0.25, 0.3) is 5.56 Å². The Kier molecular flexibility index (Phi) is 2.78. The van der Waals surface area contributed by atoms with E-state index in [1.807, 2.05) is 18.2 Å². The summed E-state index contributed by atoms with van der Waals surface area (Å²) in [7, 11) is 1.77. The quantitative estimate of drug-likeness (QED) is 0.723.